The van der Waals surface area contributed by atoms with E-state index in [1.165, 1.54) is 9.21 Å². The minimum Gasteiger partial charge on any atom is -0.354 e. The Morgan fingerprint density at radius 2 is 1.73 bits per heavy atom. The first kappa shape index (κ1) is 30.9. The molecule has 0 heterocycles. The molecule has 0 aromatic heterocycles. The Labute approximate surface area is 231 Å². The number of amides is 2. The van der Waals surface area contributed by atoms with E-state index in [-0.39, 0.29) is 43.7 Å². The zero-order chi connectivity index (χ0) is 27.9. The lowest BCUT2D eigenvalue weighted by atomic mass is 10.1. The zero-order valence-electron chi connectivity index (χ0n) is 22.3. The van der Waals surface area contributed by atoms with Crippen molar-refractivity contribution >= 4 is 50.7 Å². The first-order valence-electron chi connectivity index (χ1n) is 12.3. The molecule has 7 nitrogen and oxygen atoms in total. The molecule has 1 N–H and O–H groups in total. The summed E-state index contributed by atoms with van der Waals surface area (Å²) in [4.78, 5) is 27.7. The van der Waals surface area contributed by atoms with Crippen molar-refractivity contribution in [1.82, 2.24) is 10.2 Å². The number of carbonyl (C=O) groups is 2. The molecule has 1 atom stereocenters. The molecule has 0 aliphatic rings. The van der Waals surface area contributed by atoms with Gasteiger partial charge in [0, 0.05) is 36.1 Å². The highest BCUT2D eigenvalue weighted by molar-refractivity contribution is 7.92. The van der Waals surface area contributed by atoms with Crippen LogP contribution in [0.3, 0.4) is 0 Å². The van der Waals surface area contributed by atoms with Crippen LogP contribution in [-0.4, -0.2) is 50.5 Å². The van der Waals surface area contributed by atoms with E-state index < -0.39 is 16.1 Å². The smallest absolute Gasteiger partial charge is 0.242 e. The normalized spacial score (nSPS) is 12.4. The number of nitrogens with one attached hydrogen (secondary N) is 1. The van der Waals surface area contributed by atoms with Crippen LogP contribution in [0.5, 0.6) is 0 Å². The van der Waals surface area contributed by atoms with Crippen LogP contribution in [0.4, 0.5) is 5.69 Å². The average molecular weight is 571 g/mol. The minimum absolute atomic E-state index is 0.0594. The van der Waals surface area contributed by atoms with Crippen molar-refractivity contribution in [1.29, 1.82) is 0 Å². The topological polar surface area (TPSA) is 86.8 Å². The maximum absolute atomic E-state index is 13.4. The molecule has 10 heteroatoms. The van der Waals surface area contributed by atoms with Gasteiger partial charge in [-0.3, -0.25) is 13.9 Å². The molecule has 2 rings (SSSR count). The van der Waals surface area contributed by atoms with Gasteiger partial charge >= 0.3 is 0 Å². The van der Waals surface area contributed by atoms with Gasteiger partial charge in [-0.2, -0.15) is 0 Å². The summed E-state index contributed by atoms with van der Waals surface area (Å²) in [5.41, 5.74) is 3.11. The molecule has 204 valence electrons. The molecule has 2 amide bonds. The molecule has 0 radical (unpaired) electrons. The monoisotopic (exact) mass is 569 g/mol. The summed E-state index contributed by atoms with van der Waals surface area (Å²) >= 11 is 12.4. The lowest BCUT2D eigenvalue weighted by molar-refractivity contribution is -0.140. The number of halogens is 2. The SMILES string of the molecule is Cc1cccc(N(CCCC(=O)N(Cc2ccc(Cl)cc2Cl)[C@@H](C)C(=O)NCC(C)C)S(C)(=O)=O)c1C. The van der Waals surface area contributed by atoms with E-state index in [4.69, 9.17) is 23.2 Å². The molecule has 0 bridgehead atoms. The van der Waals surface area contributed by atoms with Crippen molar-refractivity contribution < 1.29 is 18.0 Å². The van der Waals surface area contributed by atoms with Crippen LogP contribution in [0, 0.1) is 19.8 Å². The Balaban J connectivity index is 2.23. The number of hydrogen-bond acceptors (Lipinski definition) is 4. The summed E-state index contributed by atoms with van der Waals surface area (Å²) in [7, 11) is -3.56. The number of rotatable bonds is 12. The van der Waals surface area contributed by atoms with Crippen LogP contribution in [-0.2, 0) is 26.2 Å². The molecule has 0 unspecified atom stereocenters. The van der Waals surface area contributed by atoms with E-state index >= 15 is 0 Å². The van der Waals surface area contributed by atoms with Crippen molar-refractivity contribution in [2.75, 3.05) is 23.7 Å². The van der Waals surface area contributed by atoms with Crippen molar-refractivity contribution in [3.05, 3.63) is 63.1 Å². The molecule has 2 aromatic rings. The quantitative estimate of drug-likeness (QED) is 0.373. The highest BCUT2D eigenvalue weighted by Crippen LogP contribution is 2.26. The van der Waals surface area contributed by atoms with Gasteiger partial charge in [0.05, 0.1) is 11.9 Å². The highest BCUT2D eigenvalue weighted by atomic mass is 35.5. The fourth-order valence-corrected chi connectivity index (χ4v) is 5.34. The average Bonchev–Trinajstić information content (AvgIpc) is 2.80. The van der Waals surface area contributed by atoms with E-state index in [9.17, 15) is 18.0 Å². The zero-order valence-corrected chi connectivity index (χ0v) is 24.7. The molecule has 0 spiro atoms. The van der Waals surface area contributed by atoms with E-state index in [2.05, 4.69) is 5.32 Å². The number of sulfonamides is 1. The third-order valence-corrected chi connectivity index (χ3v) is 7.97. The van der Waals surface area contributed by atoms with E-state index in [1.54, 1.807) is 31.2 Å². The summed E-state index contributed by atoms with van der Waals surface area (Å²) in [5.74, 6) is -0.272. The second-order valence-electron chi connectivity index (χ2n) is 9.73. The van der Waals surface area contributed by atoms with Crippen LogP contribution in [0.2, 0.25) is 10.0 Å². The Kier molecular flexibility index (Phi) is 11.3. The molecular weight excluding hydrogens is 533 g/mol. The third-order valence-electron chi connectivity index (χ3n) is 6.20. The van der Waals surface area contributed by atoms with Gasteiger partial charge < -0.3 is 10.2 Å². The molecule has 0 aliphatic carbocycles. The van der Waals surface area contributed by atoms with Gasteiger partial charge in [-0.15, -0.1) is 0 Å². The second kappa shape index (κ2) is 13.5. The molecule has 2 aromatic carbocycles. The number of hydrogen-bond donors (Lipinski definition) is 1. The number of carbonyl (C=O) groups excluding carboxylic acids is 2. The van der Waals surface area contributed by atoms with Gasteiger partial charge in [-0.05, 0) is 68.0 Å². The lowest BCUT2D eigenvalue weighted by Gasteiger charge is -2.30. The molecule has 0 fully saturated rings. The van der Waals surface area contributed by atoms with Gasteiger partial charge in [0.1, 0.15) is 6.04 Å². The Morgan fingerprint density at radius 1 is 1.05 bits per heavy atom. The molecular formula is C27H37Cl2N3O4S. The minimum atomic E-state index is -3.56. The maximum atomic E-state index is 13.4. The number of anilines is 1. The standard InChI is InChI=1S/C27H37Cl2N3O4S/c1-18(2)16-30-27(34)21(5)31(17-22-12-13-23(28)15-24(22)29)26(33)11-8-14-32(37(6,35)36)25-10-7-9-19(3)20(25)4/h7,9-10,12-13,15,18,21H,8,11,14,16-17H2,1-6H3,(H,30,34)/t21-/m0/s1. The Bertz CT molecular complexity index is 1220. The number of nitrogens with zero attached hydrogens (tertiary/aromatic N) is 2. The van der Waals surface area contributed by atoms with Crippen LogP contribution in [0.1, 0.15) is 50.3 Å². The summed E-state index contributed by atoms with van der Waals surface area (Å²) in [6.07, 6.45) is 1.50. The van der Waals surface area contributed by atoms with E-state index in [1.807, 2.05) is 39.8 Å². The van der Waals surface area contributed by atoms with Crippen LogP contribution in [0.15, 0.2) is 36.4 Å². The molecule has 0 aliphatic heterocycles. The molecule has 37 heavy (non-hydrogen) atoms. The lowest BCUT2D eigenvalue weighted by Crippen LogP contribution is -2.48. The van der Waals surface area contributed by atoms with Crippen molar-refractivity contribution in [3.63, 3.8) is 0 Å². The van der Waals surface area contributed by atoms with Crippen molar-refractivity contribution in [2.24, 2.45) is 5.92 Å². The fraction of sp³-hybridized carbons (Fsp3) is 0.481. The van der Waals surface area contributed by atoms with Gasteiger partial charge in [0.2, 0.25) is 21.8 Å². The van der Waals surface area contributed by atoms with Crippen molar-refractivity contribution in [2.45, 2.75) is 60.0 Å². The fourth-order valence-electron chi connectivity index (χ4n) is 3.86. The maximum Gasteiger partial charge on any atom is 0.242 e. The number of aryl methyl sites for hydroxylation is 1. The Morgan fingerprint density at radius 3 is 2.32 bits per heavy atom. The molecule has 0 saturated heterocycles. The van der Waals surface area contributed by atoms with E-state index in [0.717, 1.165) is 17.4 Å². The highest BCUT2D eigenvalue weighted by Gasteiger charge is 2.27. The Hall–Kier alpha value is -2.29. The molecule has 0 saturated carbocycles. The summed E-state index contributed by atoms with van der Waals surface area (Å²) < 4.78 is 26.5. The summed E-state index contributed by atoms with van der Waals surface area (Å²) in [6.45, 7) is 10.2. The summed E-state index contributed by atoms with van der Waals surface area (Å²) in [5, 5.41) is 3.75. The van der Waals surface area contributed by atoms with Crippen LogP contribution in [0.25, 0.3) is 0 Å². The third kappa shape index (κ3) is 8.90. The predicted molar refractivity (Wildman–Crippen MR) is 152 cm³/mol. The van der Waals surface area contributed by atoms with Gasteiger partial charge in [-0.1, -0.05) is 55.2 Å². The first-order valence-corrected chi connectivity index (χ1v) is 14.9. The van der Waals surface area contributed by atoms with Gasteiger partial charge in [0.15, 0.2) is 0 Å². The second-order valence-corrected chi connectivity index (χ2v) is 12.5. The van der Waals surface area contributed by atoms with Crippen LogP contribution >= 0.6 is 23.2 Å². The van der Waals surface area contributed by atoms with Gasteiger partial charge in [0.25, 0.3) is 0 Å². The van der Waals surface area contributed by atoms with Gasteiger partial charge in [-0.25, -0.2) is 8.42 Å². The number of benzene rings is 2. The largest absolute Gasteiger partial charge is 0.354 e. The van der Waals surface area contributed by atoms with Crippen LogP contribution < -0.4 is 9.62 Å². The predicted octanol–water partition coefficient (Wildman–Crippen LogP) is 5.35. The summed E-state index contributed by atoms with van der Waals surface area (Å²) in [6, 6.07) is 9.77. The van der Waals surface area contributed by atoms with Crippen molar-refractivity contribution in [3.8, 4) is 0 Å². The van der Waals surface area contributed by atoms with E-state index in [0.29, 0.717) is 27.8 Å². The first-order chi connectivity index (χ1) is 17.2.